The minimum atomic E-state index is 0.401. The van der Waals surface area contributed by atoms with Crippen molar-refractivity contribution in [3.63, 3.8) is 0 Å². The van der Waals surface area contributed by atoms with E-state index in [-0.39, 0.29) is 0 Å². The van der Waals surface area contributed by atoms with Crippen LogP contribution in [0.1, 0.15) is 66.2 Å². The molecule has 3 aliphatic rings. The molecule has 0 aromatic heterocycles. The number of hydrogen-bond donors (Lipinski definition) is 1. The number of hydrogen-bond acceptors (Lipinski definition) is 2. The topological polar surface area (TPSA) is 15.3 Å². The first-order valence-electron chi connectivity index (χ1n) is 9.04. The third-order valence-corrected chi connectivity index (χ3v) is 6.71. The molecule has 5 unspecified atom stereocenters. The highest BCUT2D eigenvalue weighted by Gasteiger charge is 2.47. The third kappa shape index (κ3) is 2.78. The smallest absolute Gasteiger partial charge is 0.0309 e. The Morgan fingerprint density at radius 1 is 1.10 bits per heavy atom. The van der Waals surface area contributed by atoms with Crippen molar-refractivity contribution in [3.05, 3.63) is 0 Å². The molecule has 2 heteroatoms. The van der Waals surface area contributed by atoms with Crippen LogP contribution in [0.25, 0.3) is 0 Å². The van der Waals surface area contributed by atoms with Crippen LogP contribution in [0.4, 0.5) is 0 Å². The normalized spacial score (nSPS) is 47.4. The van der Waals surface area contributed by atoms with E-state index in [2.05, 4.69) is 37.9 Å². The average molecular weight is 278 g/mol. The summed E-state index contributed by atoms with van der Waals surface area (Å²) in [5.74, 6) is 2.79. The molecule has 1 aliphatic heterocycles. The third-order valence-electron chi connectivity index (χ3n) is 6.71. The Bertz CT molecular complexity index is 338. The molecular weight excluding hydrogens is 244 g/mol. The molecule has 0 aromatic carbocycles. The van der Waals surface area contributed by atoms with Gasteiger partial charge in [-0.2, -0.15) is 0 Å². The summed E-state index contributed by atoms with van der Waals surface area (Å²) in [5.41, 5.74) is 0.401. The van der Waals surface area contributed by atoms with Crippen LogP contribution in [0, 0.1) is 17.8 Å². The van der Waals surface area contributed by atoms with Crippen LogP contribution in [0.2, 0.25) is 0 Å². The Labute approximate surface area is 125 Å². The lowest BCUT2D eigenvalue weighted by atomic mass is 9.77. The SMILES string of the molecule is CCC1CNC(C)(C2CC2)CN1C1CCC(C)C(C)C1. The Kier molecular flexibility index (Phi) is 4.16. The lowest BCUT2D eigenvalue weighted by Gasteiger charge is -2.51. The van der Waals surface area contributed by atoms with Crippen molar-refractivity contribution in [2.45, 2.75) is 83.8 Å². The number of nitrogens with one attached hydrogen (secondary N) is 1. The van der Waals surface area contributed by atoms with E-state index >= 15 is 0 Å². The van der Waals surface area contributed by atoms with Gasteiger partial charge in [-0.25, -0.2) is 0 Å². The minimum absolute atomic E-state index is 0.401. The van der Waals surface area contributed by atoms with Crippen molar-refractivity contribution in [2.24, 2.45) is 17.8 Å². The van der Waals surface area contributed by atoms with Gasteiger partial charge in [-0.1, -0.05) is 20.8 Å². The Balaban J connectivity index is 1.70. The van der Waals surface area contributed by atoms with Gasteiger partial charge in [0.25, 0.3) is 0 Å². The van der Waals surface area contributed by atoms with E-state index in [0.29, 0.717) is 5.54 Å². The lowest BCUT2D eigenvalue weighted by molar-refractivity contribution is 0.00772. The number of rotatable bonds is 3. The van der Waals surface area contributed by atoms with E-state index in [1.54, 1.807) is 0 Å². The van der Waals surface area contributed by atoms with Crippen molar-refractivity contribution >= 4 is 0 Å². The molecule has 0 amide bonds. The fourth-order valence-corrected chi connectivity index (χ4v) is 4.65. The van der Waals surface area contributed by atoms with E-state index in [1.807, 2.05) is 0 Å². The molecule has 1 N–H and O–H groups in total. The maximum Gasteiger partial charge on any atom is 0.0309 e. The van der Waals surface area contributed by atoms with E-state index in [4.69, 9.17) is 0 Å². The van der Waals surface area contributed by atoms with Gasteiger partial charge >= 0.3 is 0 Å². The second-order valence-electron chi connectivity index (χ2n) is 8.23. The van der Waals surface area contributed by atoms with Gasteiger partial charge in [-0.3, -0.25) is 4.90 Å². The number of piperazine rings is 1. The standard InChI is InChI=1S/C18H34N2/c1-5-16-11-19-18(4,15-7-8-15)12-20(16)17-9-6-13(2)14(3)10-17/h13-17,19H,5-12H2,1-4H3. The van der Waals surface area contributed by atoms with Gasteiger partial charge in [0.05, 0.1) is 0 Å². The van der Waals surface area contributed by atoms with Crippen molar-refractivity contribution in [2.75, 3.05) is 13.1 Å². The van der Waals surface area contributed by atoms with Crippen molar-refractivity contribution in [1.82, 2.24) is 10.2 Å². The maximum atomic E-state index is 3.91. The van der Waals surface area contributed by atoms with Gasteiger partial charge in [0, 0.05) is 30.7 Å². The monoisotopic (exact) mass is 278 g/mol. The predicted molar refractivity (Wildman–Crippen MR) is 85.9 cm³/mol. The van der Waals surface area contributed by atoms with Gasteiger partial charge in [0.1, 0.15) is 0 Å². The molecule has 0 aromatic rings. The molecule has 2 aliphatic carbocycles. The molecule has 3 rings (SSSR count). The summed E-state index contributed by atoms with van der Waals surface area (Å²) in [7, 11) is 0. The van der Waals surface area contributed by atoms with Crippen LogP contribution >= 0.6 is 0 Å². The van der Waals surface area contributed by atoms with Gasteiger partial charge in [-0.15, -0.1) is 0 Å². The molecule has 20 heavy (non-hydrogen) atoms. The molecule has 116 valence electrons. The van der Waals surface area contributed by atoms with Crippen LogP contribution in [0.3, 0.4) is 0 Å². The highest BCUT2D eigenvalue weighted by Crippen LogP contribution is 2.43. The minimum Gasteiger partial charge on any atom is -0.308 e. The quantitative estimate of drug-likeness (QED) is 0.847. The van der Waals surface area contributed by atoms with Gasteiger partial charge < -0.3 is 5.32 Å². The first-order chi connectivity index (χ1) is 9.53. The molecule has 2 saturated carbocycles. The predicted octanol–water partition coefficient (Wildman–Crippen LogP) is 3.66. The first kappa shape index (κ1) is 14.8. The number of nitrogens with zero attached hydrogens (tertiary/aromatic N) is 1. The Morgan fingerprint density at radius 3 is 2.45 bits per heavy atom. The van der Waals surface area contributed by atoms with Crippen molar-refractivity contribution in [3.8, 4) is 0 Å². The lowest BCUT2D eigenvalue weighted by Crippen LogP contribution is -2.66. The highest BCUT2D eigenvalue weighted by molar-refractivity contribution is 5.05. The zero-order valence-electron chi connectivity index (χ0n) is 14.0. The van der Waals surface area contributed by atoms with E-state index < -0.39 is 0 Å². The summed E-state index contributed by atoms with van der Waals surface area (Å²) in [4.78, 5) is 2.91. The zero-order valence-corrected chi connectivity index (χ0v) is 14.0. The Morgan fingerprint density at radius 2 is 1.85 bits per heavy atom. The highest BCUT2D eigenvalue weighted by atomic mass is 15.3. The molecule has 5 atom stereocenters. The van der Waals surface area contributed by atoms with Crippen LogP contribution in [-0.2, 0) is 0 Å². The van der Waals surface area contributed by atoms with Crippen LogP contribution < -0.4 is 5.32 Å². The molecule has 2 nitrogen and oxygen atoms in total. The molecule has 0 radical (unpaired) electrons. The fraction of sp³-hybridized carbons (Fsp3) is 1.00. The van der Waals surface area contributed by atoms with E-state index in [9.17, 15) is 0 Å². The van der Waals surface area contributed by atoms with Crippen LogP contribution in [-0.4, -0.2) is 35.6 Å². The molecule has 3 fully saturated rings. The summed E-state index contributed by atoms with van der Waals surface area (Å²) in [5, 5.41) is 3.91. The summed E-state index contributed by atoms with van der Waals surface area (Å²) in [6, 6.07) is 1.62. The van der Waals surface area contributed by atoms with Crippen LogP contribution in [0.15, 0.2) is 0 Å². The molecule has 0 spiro atoms. The van der Waals surface area contributed by atoms with Crippen molar-refractivity contribution < 1.29 is 0 Å². The second-order valence-corrected chi connectivity index (χ2v) is 8.23. The molecule has 1 heterocycles. The van der Waals surface area contributed by atoms with E-state index in [1.165, 1.54) is 51.6 Å². The van der Waals surface area contributed by atoms with Gasteiger partial charge in [-0.05, 0) is 63.2 Å². The largest absolute Gasteiger partial charge is 0.308 e. The van der Waals surface area contributed by atoms with Gasteiger partial charge in [0.15, 0.2) is 0 Å². The maximum absolute atomic E-state index is 3.91. The molecule has 0 bridgehead atoms. The summed E-state index contributed by atoms with van der Waals surface area (Å²) >= 11 is 0. The van der Waals surface area contributed by atoms with E-state index in [0.717, 1.165) is 29.8 Å². The first-order valence-corrected chi connectivity index (χ1v) is 9.04. The summed E-state index contributed by atoms with van der Waals surface area (Å²) in [6.45, 7) is 12.3. The zero-order chi connectivity index (χ0) is 14.3. The molecular formula is C18H34N2. The average Bonchev–Trinajstić information content (AvgIpc) is 3.27. The molecule has 1 saturated heterocycles. The summed E-state index contributed by atoms with van der Waals surface area (Å²) in [6.07, 6.45) is 8.50. The van der Waals surface area contributed by atoms with Crippen LogP contribution in [0.5, 0.6) is 0 Å². The Hall–Kier alpha value is -0.0800. The summed E-state index contributed by atoms with van der Waals surface area (Å²) < 4.78 is 0. The van der Waals surface area contributed by atoms with Crippen molar-refractivity contribution in [1.29, 1.82) is 0 Å². The fourth-order valence-electron chi connectivity index (χ4n) is 4.65. The second kappa shape index (κ2) is 5.61. The van der Waals surface area contributed by atoms with Gasteiger partial charge in [0.2, 0.25) is 0 Å².